The van der Waals surface area contributed by atoms with Gasteiger partial charge in [-0.15, -0.1) is 0 Å². The lowest BCUT2D eigenvalue weighted by Gasteiger charge is -2.17. The summed E-state index contributed by atoms with van der Waals surface area (Å²) >= 11 is 0. The van der Waals surface area contributed by atoms with Crippen LogP contribution in [0.3, 0.4) is 0 Å². The minimum Gasteiger partial charge on any atom is -0.354 e. The number of hydrogen-bond acceptors (Lipinski definition) is 3. The van der Waals surface area contributed by atoms with Crippen molar-refractivity contribution in [3.05, 3.63) is 0 Å². The van der Waals surface area contributed by atoms with Gasteiger partial charge in [0.05, 0.1) is 6.54 Å². The molecule has 0 spiro atoms. The summed E-state index contributed by atoms with van der Waals surface area (Å²) in [6.07, 6.45) is 1.22. The van der Waals surface area contributed by atoms with Gasteiger partial charge < -0.3 is 11.1 Å². The average molecular weight is 213 g/mol. The number of hydrogen-bond donors (Lipinski definition) is 2. The van der Waals surface area contributed by atoms with Crippen molar-refractivity contribution in [2.75, 3.05) is 32.7 Å². The normalized spacial score (nSPS) is 22.3. The summed E-state index contributed by atoms with van der Waals surface area (Å²) in [5, 5.41) is 2.80. The van der Waals surface area contributed by atoms with E-state index in [2.05, 4.69) is 24.1 Å². The lowest BCUT2D eigenvalue weighted by Crippen LogP contribution is -2.38. The monoisotopic (exact) mass is 213 g/mol. The highest BCUT2D eigenvalue weighted by Gasteiger charge is 2.25. The maximum atomic E-state index is 11.4. The van der Waals surface area contributed by atoms with E-state index in [-0.39, 0.29) is 5.91 Å². The van der Waals surface area contributed by atoms with E-state index in [1.165, 1.54) is 6.42 Å². The van der Waals surface area contributed by atoms with Gasteiger partial charge in [0, 0.05) is 19.6 Å². The van der Waals surface area contributed by atoms with Crippen molar-refractivity contribution in [3.8, 4) is 0 Å². The molecule has 0 aliphatic carbocycles. The van der Waals surface area contributed by atoms with Gasteiger partial charge in [0.2, 0.25) is 5.91 Å². The molecule has 1 heterocycles. The molecule has 3 N–H and O–H groups in total. The Morgan fingerprint density at radius 2 is 2.33 bits per heavy atom. The molecule has 0 aromatic rings. The zero-order valence-corrected chi connectivity index (χ0v) is 9.83. The molecule has 1 saturated heterocycles. The van der Waals surface area contributed by atoms with Crippen LogP contribution in [0.15, 0.2) is 0 Å². The Morgan fingerprint density at radius 3 is 2.87 bits per heavy atom. The molecule has 1 fully saturated rings. The van der Waals surface area contributed by atoms with Crippen LogP contribution < -0.4 is 11.1 Å². The molecule has 1 unspecified atom stereocenters. The van der Waals surface area contributed by atoms with Crippen molar-refractivity contribution >= 4 is 5.91 Å². The highest BCUT2D eigenvalue weighted by atomic mass is 16.2. The van der Waals surface area contributed by atoms with E-state index >= 15 is 0 Å². The molecule has 0 aromatic heterocycles. The molecular weight excluding hydrogens is 190 g/mol. The van der Waals surface area contributed by atoms with Gasteiger partial charge in [-0.05, 0) is 24.8 Å². The number of likely N-dealkylation sites (tertiary alicyclic amines) is 1. The van der Waals surface area contributed by atoms with Crippen molar-refractivity contribution < 1.29 is 4.79 Å². The van der Waals surface area contributed by atoms with Crippen molar-refractivity contribution in [2.45, 2.75) is 20.3 Å². The molecule has 15 heavy (non-hydrogen) atoms. The standard InChI is InChI=1S/C11H23N3O/c1-9(2)10-3-6-14(7-10)8-11(15)13-5-4-12/h9-10H,3-8,12H2,1-2H3,(H,13,15). The molecule has 0 bridgehead atoms. The van der Waals surface area contributed by atoms with Crippen LogP contribution in [0.2, 0.25) is 0 Å². The first kappa shape index (κ1) is 12.5. The maximum absolute atomic E-state index is 11.4. The Hall–Kier alpha value is -0.610. The summed E-state index contributed by atoms with van der Waals surface area (Å²) < 4.78 is 0. The van der Waals surface area contributed by atoms with Crippen molar-refractivity contribution in [1.29, 1.82) is 0 Å². The lowest BCUT2D eigenvalue weighted by molar-refractivity contribution is -0.122. The summed E-state index contributed by atoms with van der Waals surface area (Å²) in [4.78, 5) is 13.7. The summed E-state index contributed by atoms with van der Waals surface area (Å²) in [6, 6.07) is 0. The Bertz CT molecular complexity index is 206. The van der Waals surface area contributed by atoms with Crippen molar-refractivity contribution in [2.24, 2.45) is 17.6 Å². The Kier molecular flexibility index (Phi) is 5.05. The van der Waals surface area contributed by atoms with Crippen LogP contribution in [0, 0.1) is 11.8 Å². The van der Waals surface area contributed by atoms with E-state index in [0.717, 1.165) is 24.9 Å². The van der Waals surface area contributed by atoms with E-state index in [0.29, 0.717) is 19.6 Å². The van der Waals surface area contributed by atoms with Gasteiger partial charge in [0.1, 0.15) is 0 Å². The fraction of sp³-hybridized carbons (Fsp3) is 0.909. The molecule has 4 nitrogen and oxygen atoms in total. The van der Waals surface area contributed by atoms with Crippen LogP contribution in [0.25, 0.3) is 0 Å². The molecule has 1 aliphatic heterocycles. The minimum absolute atomic E-state index is 0.102. The van der Waals surface area contributed by atoms with Crippen LogP contribution in [0.4, 0.5) is 0 Å². The SMILES string of the molecule is CC(C)C1CCN(CC(=O)NCCN)C1. The lowest BCUT2D eigenvalue weighted by atomic mass is 9.95. The number of rotatable bonds is 5. The van der Waals surface area contributed by atoms with E-state index in [1.807, 2.05) is 0 Å². The number of carbonyl (C=O) groups excluding carboxylic acids is 1. The molecule has 0 radical (unpaired) electrons. The smallest absolute Gasteiger partial charge is 0.234 e. The van der Waals surface area contributed by atoms with Crippen LogP contribution in [-0.4, -0.2) is 43.5 Å². The van der Waals surface area contributed by atoms with E-state index < -0.39 is 0 Å². The Balaban J connectivity index is 2.20. The van der Waals surface area contributed by atoms with Gasteiger partial charge in [0.15, 0.2) is 0 Å². The number of amides is 1. The predicted molar refractivity (Wildman–Crippen MR) is 61.4 cm³/mol. The largest absolute Gasteiger partial charge is 0.354 e. The number of carbonyl (C=O) groups is 1. The first-order valence-electron chi connectivity index (χ1n) is 5.82. The summed E-state index contributed by atoms with van der Waals surface area (Å²) in [5.41, 5.74) is 5.32. The van der Waals surface area contributed by atoms with Gasteiger partial charge in [-0.2, -0.15) is 0 Å². The zero-order chi connectivity index (χ0) is 11.3. The molecule has 1 amide bonds. The second-order valence-corrected chi connectivity index (χ2v) is 4.67. The maximum Gasteiger partial charge on any atom is 0.234 e. The summed E-state index contributed by atoms with van der Waals surface area (Å²) in [6.45, 7) is 8.25. The first-order chi connectivity index (χ1) is 7.13. The zero-order valence-electron chi connectivity index (χ0n) is 9.83. The van der Waals surface area contributed by atoms with E-state index in [1.54, 1.807) is 0 Å². The average Bonchev–Trinajstić information content (AvgIpc) is 2.63. The molecule has 0 saturated carbocycles. The van der Waals surface area contributed by atoms with Crippen LogP contribution >= 0.6 is 0 Å². The molecule has 1 aliphatic rings. The van der Waals surface area contributed by atoms with E-state index in [4.69, 9.17) is 5.73 Å². The second-order valence-electron chi connectivity index (χ2n) is 4.67. The van der Waals surface area contributed by atoms with Gasteiger partial charge in [0.25, 0.3) is 0 Å². The second kappa shape index (κ2) is 6.08. The quantitative estimate of drug-likeness (QED) is 0.678. The van der Waals surface area contributed by atoms with Crippen LogP contribution in [0.5, 0.6) is 0 Å². The van der Waals surface area contributed by atoms with Crippen molar-refractivity contribution in [3.63, 3.8) is 0 Å². The van der Waals surface area contributed by atoms with Crippen LogP contribution in [-0.2, 0) is 4.79 Å². The van der Waals surface area contributed by atoms with Gasteiger partial charge in [-0.25, -0.2) is 0 Å². The summed E-state index contributed by atoms with van der Waals surface area (Å²) in [7, 11) is 0. The fourth-order valence-electron chi connectivity index (χ4n) is 2.02. The Morgan fingerprint density at radius 1 is 1.60 bits per heavy atom. The molecule has 0 aromatic carbocycles. The highest BCUT2D eigenvalue weighted by Crippen LogP contribution is 2.22. The Labute approximate surface area is 92.2 Å². The number of nitrogens with two attached hydrogens (primary N) is 1. The third kappa shape index (κ3) is 4.18. The predicted octanol–water partition coefficient (Wildman–Crippen LogP) is 0.0392. The third-order valence-electron chi connectivity index (χ3n) is 3.09. The number of nitrogens with one attached hydrogen (secondary N) is 1. The first-order valence-corrected chi connectivity index (χ1v) is 5.82. The van der Waals surface area contributed by atoms with Gasteiger partial charge >= 0.3 is 0 Å². The highest BCUT2D eigenvalue weighted by molar-refractivity contribution is 5.78. The molecule has 1 atom stereocenters. The van der Waals surface area contributed by atoms with Gasteiger partial charge in [-0.3, -0.25) is 9.69 Å². The van der Waals surface area contributed by atoms with Gasteiger partial charge in [-0.1, -0.05) is 13.8 Å². The molecule has 4 heteroatoms. The molecule has 88 valence electrons. The van der Waals surface area contributed by atoms with Crippen molar-refractivity contribution in [1.82, 2.24) is 10.2 Å². The summed E-state index contributed by atoms with van der Waals surface area (Å²) in [5.74, 6) is 1.58. The van der Waals surface area contributed by atoms with Crippen LogP contribution in [0.1, 0.15) is 20.3 Å². The molecule has 1 rings (SSSR count). The number of nitrogens with zero attached hydrogens (tertiary/aromatic N) is 1. The minimum atomic E-state index is 0.102. The topological polar surface area (TPSA) is 58.4 Å². The third-order valence-corrected chi connectivity index (χ3v) is 3.09. The fourth-order valence-corrected chi connectivity index (χ4v) is 2.02. The van der Waals surface area contributed by atoms with E-state index in [9.17, 15) is 4.79 Å². The molecular formula is C11H23N3O.